The van der Waals surface area contributed by atoms with Gasteiger partial charge in [-0.1, -0.05) is 29.8 Å². The number of aromatic nitrogens is 3. The lowest BCUT2D eigenvalue weighted by atomic mass is 10.2. The SMILES string of the molecule is Cc1ccc(-c2nc(CCNC(=O)CCNc3ncccn3)cs2)cc1. The van der Waals surface area contributed by atoms with Gasteiger partial charge < -0.3 is 10.6 Å². The van der Waals surface area contributed by atoms with Gasteiger partial charge in [-0.2, -0.15) is 0 Å². The lowest BCUT2D eigenvalue weighted by molar-refractivity contribution is -0.120. The maximum atomic E-state index is 11.9. The molecule has 1 aromatic carbocycles. The molecule has 7 heteroatoms. The topological polar surface area (TPSA) is 79.8 Å². The number of carbonyl (C=O) groups is 1. The van der Waals surface area contributed by atoms with Crippen molar-refractivity contribution < 1.29 is 4.79 Å². The molecule has 2 aromatic heterocycles. The van der Waals surface area contributed by atoms with Crippen molar-refractivity contribution in [1.82, 2.24) is 20.3 Å². The molecule has 134 valence electrons. The second-order valence-electron chi connectivity index (χ2n) is 5.86. The van der Waals surface area contributed by atoms with Gasteiger partial charge in [0.05, 0.1) is 5.69 Å². The molecule has 0 aliphatic heterocycles. The molecule has 0 unspecified atom stereocenters. The number of benzene rings is 1. The van der Waals surface area contributed by atoms with Crippen molar-refractivity contribution in [1.29, 1.82) is 0 Å². The van der Waals surface area contributed by atoms with Gasteiger partial charge in [0, 0.05) is 49.3 Å². The summed E-state index contributed by atoms with van der Waals surface area (Å²) >= 11 is 1.63. The molecule has 0 spiro atoms. The summed E-state index contributed by atoms with van der Waals surface area (Å²) < 4.78 is 0. The smallest absolute Gasteiger partial charge is 0.222 e. The van der Waals surface area contributed by atoms with Crippen LogP contribution in [0, 0.1) is 6.92 Å². The largest absolute Gasteiger partial charge is 0.356 e. The first-order chi connectivity index (χ1) is 12.7. The summed E-state index contributed by atoms with van der Waals surface area (Å²) in [5.74, 6) is 0.536. The molecule has 1 amide bonds. The Morgan fingerprint density at radius 1 is 1.12 bits per heavy atom. The zero-order valence-corrected chi connectivity index (χ0v) is 15.4. The first-order valence-corrected chi connectivity index (χ1v) is 9.38. The number of anilines is 1. The summed E-state index contributed by atoms with van der Waals surface area (Å²) in [7, 11) is 0. The van der Waals surface area contributed by atoms with E-state index in [9.17, 15) is 4.79 Å². The van der Waals surface area contributed by atoms with E-state index in [4.69, 9.17) is 0 Å². The fraction of sp³-hybridized carbons (Fsp3) is 0.263. The third-order valence-electron chi connectivity index (χ3n) is 3.75. The number of thiazole rings is 1. The second kappa shape index (κ2) is 9.05. The fourth-order valence-corrected chi connectivity index (χ4v) is 3.21. The van der Waals surface area contributed by atoms with Crippen LogP contribution in [-0.4, -0.2) is 33.9 Å². The minimum atomic E-state index is 0.00224. The van der Waals surface area contributed by atoms with Crippen molar-refractivity contribution in [3.63, 3.8) is 0 Å². The van der Waals surface area contributed by atoms with Crippen LogP contribution in [0.25, 0.3) is 10.6 Å². The minimum absolute atomic E-state index is 0.00224. The van der Waals surface area contributed by atoms with Gasteiger partial charge >= 0.3 is 0 Å². The summed E-state index contributed by atoms with van der Waals surface area (Å²) in [6.45, 7) is 3.16. The number of rotatable bonds is 8. The Kier molecular flexibility index (Phi) is 6.27. The van der Waals surface area contributed by atoms with E-state index in [0.717, 1.165) is 22.7 Å². The van der Waals surface area contributed by atoms with E-state index < -0.39 is 0 Å². The molecule has 0 saturated carbocycles. The zero-order valence-electron chi connectivity index (χ0n) is 14.6. The molecule has 3 rings (SSSR count). The molecule has 0 fully saturated rings. The maximum absolute atomic E-state index is 11.9. The Hall–Kier alpha value is -2.80. The third kappa shape index (κ3) is 5.35. The average Bonchev–Trinajstić information content (AvgIpc) is 3.12. The molecule has 0 radical (unpaired) electrons. The number of aryl methyl sites for hydroxylation is 1. The predicted molar refractivity (Wildman–Crippen MR) is 104 cm³/mol. The normalized spacial score (nSPS) is 10.5. The van der Waals surface area contributed by atoms with Crippen molar-refractivity contribution in [2.24, 2.45) is 0 Å². The highest BCUT2D eigenvalue weighted by Crippen LogP contribution is 2.24. The molecule has 0 bridgehead atoms. The standard InChI is InChI=1S/C19H21N5OS/c1-14-3-5-15(6-4-14)18-24-16(13-26-18)7-11-20-17(25)8-12-23-19-21-9-2-10-22-19/h2-6,9-10,13H,7-8,11-12H2,1H3,(H,20,25)(H,21,22,23). The summed E-state index contributed by atoms with van der Waals surface area (Å²) in [6, 6.07) is 10.1. The van der Waals surface area contributed by atoms with Gasteiger partial charge in [0.2, 0.25) is 11.9 Å². The average molecular weight is 367 g/mol. The van der Waals surface area contributed by atoms with E-state index in [1.54, 1.807) is 29.8 Å². The Balaban J connectivity index is 1.38. The molecule has 0 atom stereocenters. The van der Waals surface area contributed by atoms with Crippen LogP contribution in [0.1, 0.15) is 17.7 Å². The fourth-order valence-electron chi connectivity index (χ4n) is 2.35. The Bertz CT molecular complexity index is 833. The van der Waals surface area contributed by atoms with Crippen molar-refractivity contribution in [3.8, 4) is 10.6 Å². The van der Waals surface area contributed by atoms with Gasteiger partial charge in [0.25, 0.3) is 0 Å². The van der Waals surface area contributed by atoms with E-state index in [2.05, 4.69) is 62.2 Å². The van der Waals surface area contributed by atoms with Crippen LogP contribution >= 0.6 is 11.3 Å². The van der Waals surface area contributed by atoms with Gasteiger partial charge in [-0.3, -0.25) is 4.79 Å². The zero-order chi connectivity index (χ0) is 18.2. The number of nitrogens with zero attached hydrogens (tertiary/aromatic N) is 3. The maximum Gasteiger partial charge on any atom is 0.222 e. The van der Waals surface area contributed by atoms with Gasteiger partial charge in [-0.15, -0.1) is 11.3 Å². The van der Waals surface area contributed by atoms with Gasteiger partial charge in [0.15, 0.2) is 0 Å². The summed E-state index contributed by atoms with van der Waals surface area (Å²) in [5, 5.41) is 9.00. The van der Waals surface area contributed by atoms with E-state index >= 15 is 0 Å². The van der Waals surface area contributed by atoms with Crippen LogP contribution in [0.3, 0.4) is 0 Å². The quantitative estimate of drug-likeness (QED) is 0.640. The number of hydrogen-bond acceptors (Lipinski definition) is 6. The third-order valence-corrected chi connectivity index (χ3v) is 4.69. The molecule has 0 saturated heterocycles. The number of nitrogens with one attached hydrogen (secondary N) is 2. The minimum Gasteiger partial charge on any atom is -0.356 e. The lowest BCUT2D eigenvalue weighted by Gasteiger charge is -2.05. The lowest BCUT2D eigenvalue weighted by Crippen LogP contribution is -2.27. The Labute approximate surface area is 156 Å². The Morgan fingerprint density at radius 3 is 2.65 bits per heavy atom. The number of amides is 1. The molecule has 2 N–H and O–H groups in total. The summed E-state index contributed by atoms with van der Waals surface area (Å²) in [5.41, 5.74) is 3.37. The number of hydrogen-bond donors (Lipinski definition) is 2. The van der Waals surface area contributed by atoms with Crippen LogP contribution in [-0.2, 0) is 11.2 Å². The second-order valence-corrected chi connectivity index (χ2v) is 6.72. The number of carbonyl (C=O) groups excluding carboxylic acids is 1. The summed E-state index contributed by atoms with van der Waals surface area (Å²) in [4.78, 5) is 24.6. The highest BCUT2D eigenvalue weighted by Gasteiger charge is 2.06. The first kappa shape index (κ1) is 18.0. The van der Waals surface area contributed by atoms with Crippen LogP contribution < -0.4 is 10.6 Å². The first-order valence-electron chi connectivity index (χ1n) is 8.50. The predicted octanol–water partition coefficient (Wildman–Crippen LogP) is 3.07. The highest BCUT2D eigenvalue weighted by molar-refractivity contribution is 7.13. The van der Waals surface area contributed by atoms with Crippen molar-refractivity contribution in [3.05, 3.63) is 59.4 Å². The van der Waals surface area contributed by atoms with Gasteiger partial charge in [0.1, 0.15) is 5.01 Å². The van der Waals surface area contributed by atoms with Crippen molar-refractivity contribution in [2.75, 3.05) is 18.4 Å². The summed E-state index contributed by atoms with van der Waals surface area (Å²) in [6.07, 6.45) is 4.43. The molecule has 0 aliphatic rings. The molecule has 2 heterocycles. The monoisotopic (exact) mass is 367 g/mol. The molecular weight excluding hydrogens is 346 g/mol. The highest BCUT2D eigenvalue weighted by atomic mass is 32.1. The van der Waals surface area contributed by atoms with Crippen molar-refractivity contribution in [2.45, 2.75) is 19.8 Å². The van der Waals surface area contributed by atoms with E-state index in [0.29, 0.717) is 25.5 Å². The van der Waals surface area contributed by atoms with E-state index in [1.165, 1.54) is 5.56 Å². The van der Waals surface area contributed by atoms with E-state index in [-0.39, 0.29) is 5.91 Å². The molecule has 3 aromatic rings. The Morgan fingerprint density at radius 2 is 1.88 bits per heavy atom. The van der Waals surface area contributed by atoms with E-state index in [1.807, 2.05) is 0 Å². The van der Waals surface area contributed by atoms with Gasteiger partial charge in [-0.05, 0) is 13.0 Å². The molecular formula is C19H21N5OS. The molecule has 6 nitrogen and oxygen atoms in total. The molecule has 26 heavy (non-hydrogen) atoms. The van der Waals surface area contributed by atoms with Crippen LogP contribution in [0.2, 0.25) is 0 Å². The van der Waals surface area contributed by atoms with Crippen LogP contribution in [0.4, 0.5) is 5.95 Å². The van der Waals surface area contributed by atoms with Crippen LogP contribution in [0.15, 0.2) is 48.1 Å². The van der Waals surface area contributed by atoms with Crippen LogP contribution in [0.5, 0.6) is 0 Å². The molecule has 0 aliphatic carbocycles. The van der Waals surface area contributed by atoms with Crippen molar-refractivity contribution >= 4 is 23.2 Å². The van der Waals surface area contributed by atoms with Gasteiger partial charge in [-0.25, -0.2) is 15.0 Å².